The van der Waals surface area contributed by atoms with E-state index in [0.29, 0.717) is 11.3 Å². The number of hydrogen-bond acceptors (Lipinski definition) is 4. The van der Waals surface area contributed by atoms with Crippen LogP contribution >= 0.6 is 0 Å². The number of nitrogens with zero attached hydrogens (tertiary/aromatic N) is 5. The van der Waals surface area contributed by atoms with Gasteiger partial charge in [-0.05, 0) is 51.0 Å². The molecule has 1 aromatic carbocycles. The first-order valence-electron chi connectivity index (χ1n) is 10.7. The van der Waals surface area contributed by atoms with Gasteiger partial charge in [0, 0.05) is 50.2 Å². The predicted molar refractivity (Wildman–Crippen MR) is 117 cm³/mol. The average Bonchev–Trinajstić information content (AvgIpc) is 3.34. The molecule has 0 saturated carbocycles. The third kappa shape index (κ3) is 4.69. The summed E-state index contributed by atoms with van der Waals surface area (Å²) >= 11 is 0. The van der Waals surface area contributed by atoms with E-state index in [1.54, 1.807) is 23.0 Å². The Morgan fingerprint density at radius 3 is 2.68 bits per heavy atom. The number of aryl methyl sites for hydroxylation is 2. The molecule has 0 spiro atoms. The molecule has 0 bridgehead atoms. The maximum absolute atomic E-state index is 14.1. The summed E-state index contributed by atoms with van der Waals surface area (Å²) in [4.78, 5) is 15.0. The highest BCUT2D eigenvalue weighted by Crippen LogP contribution is 2.23. The van der Waals surface area contributed by atoms with E-state index in [4.69, 9.17) is 0 Å². The van der Waals surface area contributed by atoms with Gasteiger partial charge in [-0.25, -0.2) is 4.39 Å². The minimum absolute atomic E-state index is 0.00594. The van der Waals surface area contributed by atoms with Crippen LogP contribution in [-0.4, -0.2) is 49.5 Å². The summed E-state index contributed by atoms with van der Waals surface area (Å²) in [6.45, 7) is 6.35. The number of rotatable bonds is 6. The molecule has 0 radical (unpaired) electrons. The standard InChI is InChI=1S/C23H29FN6O/c1-16-8-11-25-30(16)17(2)23(31)26-18-9-12-29(13-10-18)15-19-14-22(27-28(19)3)20-6-4-5-7-21(20)24/h4-8,11,14,17-18H,9-10,12-13,15H2,1-3H3,(H,26,31)/t17-/m1/s1. The van der Waals surface area contributed by atoms with Gasteiger partial charge < -0.3 is 5.32 Å². The van der Waals surface area contributed by atoms with Crippen LogP contribution in [0.5, 0.6) is 0 Å². The number of amides is 1. The molecule has 1 saturated heterocycles. The number of hydrogen-bond donors (Lipinski definition) is 1. The van der Waals surface area contributed by atoms with Crippen LogP contribution in [0, 0.1) is 12.7 Å². The zero-order chi connectivity index (χ0) is 22.0. The molecule has 3 heterocycles. The monoisotopic (exact) mass is 424 g/mol. The first kappa shape index (κ1) is 21.2. The molecule has 4 rings (SSSR count). The Balaban J connectivity index is 1.31. The van der Waals surface area contributed by atoms with Crippen molar-refractivity contribution in [3.8, 4) is 11.3 Å². The molecule has 7 nitrogen and oxygen atoms in total. The highest BCUT2D eigenvalue weighted by atomic mass is 19.1. The van der Waals surface area contributed by atoms with Crippen molar-refractivity contribution in [2.45, 2.75) is 45.3 Å². The van der Waals surface area contributed by atoms with E-state index in [1.807, 2.05) is 43.8 Å². The van der Waals surface area contributed by atoms with Gasteiger partial charge in [0.1, 0.15) is 11.9 Å². The van der Waals surface area contributed by atoms with Gasteiger partial charge in [-0.3, -0.25) is 19.1 Å². The number of nitrogens with one attached hydrogen (secondary N) is 1. The van der Waals surface area contributed by atoms with Gasteiger partial charge in [0.05, 0.1) is 11.4 Å². The smallest absolute Gasteiger partial charge is 0.244 e. The van der Waals surface area contributed by atoms with Crippen molar-refractivity contribution in [3.63, 3.8) is 0 Å². The second kappa shape index (κ2) is 9.01. The zero-order valence-electron chi connectivity index (χ0n) is 18.3. The van der Waals surface area contributed by atoms with Crippen LogP contribution in [0.4, 0.5) is 4.39 Å². The highest BCUT2D eigenvalue weighted by molar-refractivity contribution is 5.80. The summed E-state index contributed by atoms with van der Waals surface area (Å²) in [6.07, 6.45) is 3.51. The van der Waals surface area contributed by atoms with Gasteiger partial charge in [-0.2, -0.15) is 10.2 Å². The van der Waals surface area contributed by atoms with E-state index < -0.39 is 0 Å². The fourth-order valence-corrected chi connectivity index (χ4v) is 4.14. The number of benzene rings is 1. The van der Waals surface area contributed by atoms with Crippen LogP contribution in [0.1, 0.15) is 37.2 Å². The normalized spacial score (nSPS) is 16.4. The second-order valence-corrected chi connectivity index (χ2v) is 8.28. The molecular weight excluding hydrogens is 395 g/mol. The first-order chi connectivity index (χ1) is 14.9. The molecule has 8 heteroatoms. The van der Waals surface area contributed by atoms with E-state index >= 15 is 0 Å². The summed E-state index contributed by atoms with van der Waals surface area (Å²) in [7, 11) is 1.89. The molecule has 164 valence electrons. The van der Waals surface area contributed by atoms with E-state index in [9.17, 15) is 9.18 Å². The lowest BCUT2D eigenvalue weighted by Gasteiger charge is -2.32. The Bertz CT molecular complexity index is 1050. The topological polar surface area (TPSA) is 68.0 Å². The summed E-state index contributed by atoms with van der Waals surface area (Å²) in [5.74, 6) is -0.255. The van der Waals surface area contributed by atoms with Crippen LogP contribution in [-0.2, 0) is 18.4 Å². The summed E-state index contributed by atoms with van der Waals surface area (Å²) in [6, 6.07) is 10.4. The third-order valence-electron chi connectivity index (χ3n) is 6.06. The quantitative estimate of drug-likeness (QED) is 0.660. The lowest BCUT2D eigenvalue weighted by Crippen LogP contribution is -2.46. The lowest BCUT2D eigenvalue weighted by molar-refractivity contribution is -0.125. The van der Waals surface area contributed by atoms with Crippen LogP contribution in [0.25, 0.3) is 11.3 Å². The Kier molecular flexibility index (Phi) is 6.18. The van der Waals surface area contributed by atoms with E-state index in [0.717, 1.165) is 43.9 Å². The van der Waals surface area contributed by atoms with Crippen LogP contribution in [0.2, 0.25) is 0 Å². The maximum atomic E-state index is 14.1. The van der Waals surface area contributed by atoms with Crippen molar-refractivity contribution in [1.82, 2.24) is 29.8 Å². The van der Waals surface area contributed by atoms with Gasteiger partial charge in [0.15, 0.2) is 0 Å². The molecule has 3 aromatic rings. The molecule has 0 aliphatic carbocycles. The average molecular weight is 425 g/mol. The Morgan fingerprint density at radius 1 is 1.26 bits per heavy atom. The van der Waals surface area contributed by atoms with Crippen LogP contribution in [0.15, 0.2) is 42.6 Å². The molecule has 1 aliphatic rings. The Hall–Kier alpha value is -3.00. The van der Waals surface area contributed by atoms with Gasteiger partial charge in [0.2, 0.25) is 5.91 Å². The van der Waals surface area contributed by atoms with Gasteiger partial charge in [-0.15, -0.1) is 0 Å². The number of piperidine rings is 1. The Labute approximate surface area is 181 Å². The number of carbonyl (C=O) groups is 1. The molecule has 1 N–H and O–H groups in total. The molecule has 31 heavy (non-hydrogen) atoms. The Morgan fingerprint density at radius 2 is 2.00 bits per heavy atom. The van der Waals surface area contributed by atoms with E-state index in [1.165, 1.54) is 6.07 Å². The van der Waals surface area contributed by atoms with Gasteiger partial charge in [0.25, 0.3) is 0 Å². The minimum atomic E-state index is -0.320. The predicted octanol–water partition coefficient (Wildman–Crippen LogP) is 3.07. The summed E-state index contributed by atoms with van der Waals surface area (Å²) in [5.41, 5.74) is 3.19. The van der Waals surface area contributed by atoms with Crippen LogP contribution < -0.4 is 5.32 Å². The zero-order valence-corrected chi connectivity index (χ0v) is 18.3. The molecule has 1 amide bonds. The molecule has 2 aromatic heterocycles. The first-order valence-corrected chi connectivity index (χ1v) is 10.7. The number of aromatic nitrogens is 4. The highest BCUT2D eigenvalue weighted by Gasteiger charge is 2.25. The number of halogens is 1. The van der Waals surface area contributed by atoms with Gasteiger partial charge in [-0.1, -0.05) is 12.1 Å². The minimum Gasteiger partial charge on any atom is -0.351 e. The molecule has 1 fully saturated rings. The lowest BCUT2D eigenvalue weighted by atomic mass is 10.0. The third-order valence-corrected chi connectivity index (χ3v) is 6.06. The van der Waals surface area contributed by atoms with Crippen molar-refractivity contribution in [3.05, 3.63) is 59.8 Å². The van der Waals surface area contributed by atoms with Crippen molar-refractivity contribution >= 4 is 5.91 Å². The fraction of sp³-hybridized carbons (Fsp3) is 0.435. The number of carbonyl (C=O) groups excluding carboxylic acids is 1. The molecule has 0 unspecified atom stereocenters. The molecule has 1 atom stereocenters. The summed E-state index contributed by atoms with van der Waals surface area (Å²) < 4.78 is 17.7. The largest absolute Gasteiger partial charge is 0.351 e. The molecule has 1 aliphatic heterocycles. The fourth-order valence-electron chi connectivity index (χ4n) is 4.14. The van der Waals surface area contributed by atoms with Crippen LogP contribution in [0.3, 0.4) is 0 Å². The summed E-state index contributed by atoms with van der Waals surface area (Å²) in [5, 5.41) is 11.9. The number of likely N-dealkylation sites (tertiary alicyclic amines) is 1. The van der Waals surface area contributed by atoms with Crippen molar-refractivity contribution in [2.75, 3.05) is 13.1 Å². The van der Waals surface area contributed by atoms with E-state index in [-0.39, 0.29) is 23.8 Å². The SMILES string of the molecule is Cc1ccnn1[C@H](C)C(=O)NC1CCN(Cc2cc(-c3ccccc3F)nn2C)CC1. The molecular formula is C23H29FN6O. The van der Waals surface area contributed by atoms with Crippen molar-refractivity contribution < 1.29 is 9.18 Å². The van der Waals surface area contributed by atoms with Crippen molar-refractivity contribution in [1.29, 1.82) is 0 Å². The second-order valence-electron chi connectivity index (χ2n) is 8.28. The van der Waals surface area contributed by atoms with Gasteiger partial charge >= 0.3 is 0 Å². The van der Waals surface area contributed by atoms with Crippen molar-refractivity contribution in [2.24, 2.45) is 7.05 Å². The maximum Gasteiger partial charge on any atom is 0.244 e. The van der Waals surface area contributed by atoms with E-state index in [2.05, 4.69) is 20.4 Å².